The fraction of sp³-hybridized carbons (Fsp3) is 0.625. The molecule has 6 nitrogen and oxygen atoms in total. The molecule has 0 bridgehead atoms. The fourth-order valence-electron chi connectivity index (χ4n) is 2.65. The number of esters is 1. The Balaban J connectivity index is 0.00000288. The second kappa shape index (κ2) is 9.98. The van der Waals surface area contributed by atoms with Gasteiger partial charge in [-0.2, -0.15) is 0 Å². The Kier molecular flexibility index (Phi) is 8.69. The Labute approximate surface area is 152 Å². The molecule has 2 N–H and O–H groups in total. The number of nitrogens with one attached hydrogen (secondary N) is 2. The number of carbonyl (C=O) groups is 2. The number of rotatable bonds is 6. The average molecular weight is 377 g/mol. The average Bonchev–Trinajstić information content (AvgIpc) is 2.83. The molecule has 1 aromatic rings. The second-order valence-electron chi connectivity index (χ2n) is 5.36. The van der Waals surface area contributed by atoms with Gasteiger partial charge in [0, 0.05) is 18.0 Å². The first-order valence-corrected chi connectivity index (χ1v) is 8.80. The third-order valence-corrected chi connectivity index (χ3v) is 4.78. The number of hydrogen-bond acceptors (Lipinski definition) is 6. The molecule has 0 radical (unpaired) electrons. The maximum absolute atomic E-state index is 12.3. The number of aryl methyl sites for hydroxylation is 1. The highest BCUT2D eigenvalue weighted by Crippen LogP contribution is 2.34. The minimum absolute atomic E-state index is 0. The van der Waals surface area contributed by atoms with Crippen molar-refractivity contribution in [3.05, 3.63) is 16.0 Å². The van der Waals surface area contributed by atoms with Crippen LogP contribution in [0.3, 0.4) is 0 Å². The molecular formula is C16H25ClN2O4S. The Bertz CT molecular complexity index is 571. The van der Waals surface area contributed by atoms with Crippen molar-refractivity contribution in [1.82, 2.24) is 5.32 Å². The summed E-state index contributed by atoms with van der Waals surface area (Å²) in [5.74, 6) is -0.521. The van der Waals surface area contributed by atoms with Crippen LogP contribution in [0.15, 0.2) is 0 Å². The molecule has 1 fully saturated rings. The molecule has 2 rings (SSSR count). The number of hydrogen-bond donors (Lipinski definition) is 2. The number of carbonyl (C=O) groups excluding carboxylic acids is 2. The predicted octanol–water partition coefficient (Wildman–Crippen LogP) is 2.53. The van der Waals surface area contributed by atoms with Gasteiger partial charge >= 0.3 is 5.97 Å². The van der Waals surface area contributed by atoms with E-state index in [-0.39, 0.29) is 36.8 Å². The third-order valence-electron chi connectivity index (χ3n) is 3.71. The van der Waals surface area contributed by atoms with Crippen LogP contribution < -0.4 is 10.6 Å². The van der Waals surface area contributed by atoms with Gasteiger partial charge in [-0.3, -0.25) is 4.79 Å². The van der Waals surface area contributed by atoms with Gasteiger partial charge in [0.15, 0.2) is 0 Å². The van der Waals surface area contributed by atoms with Crippen molar-refractivity contribution in [2.24, 2.45) is 0 Å². The molecule has 1 aromatic heterocycles. The number of halogens is 1. The van der Waals surface area contributed by atoms with E-state index in [0.717, 1.165) is 23.4 Å². The minimum atomic E-state index is -0.375. The lowest BCUT2D eigenvalue weighted by Crippen LogP contribution is -2.40. The Hall–Kier alpha value is -1.15. The van der Waals surface area contributed by atoms with E-state index in [0.29, 0.717) is 30.3 Å². The van der Waals surface area contributed by atoms with Crippen molar-refractivity contribution < 1.29 is 19.1 Å². The molecule has 2 heterocycles. The van der Waals surface area contributed by atoms with Crippen LogP contribution in [0.1, 0.15) is 41.1 Å². The summed E-state index contributed by atoms with van der Waals surface area (Å²) in [4.78, 5) is 25.5. The van der Waals surface area contributed by atoms with E-state index in [2.05, 4.69) is 10.6 Å². The van der Waals surface area contributed by atoms with Crippen LogP contribution in [-0.4, -0.2) is 44.3 Å². The summed E-state index contributed by atoms with van der Waals surface area (Å²) in [6.45, 7) is 8.13. The zero-order chi connectivity index (χ0) is 16.8. The summed E-state index contributed by atoms with van der Waals surface area (Å²) < 4.78 is 10.7. The van der Waals surface area contributed by atoms with Crippen molar-refractivity contribution in [2.45, 2.75) is 39.7 Å². The largest absolute Gasteiger partial charge is 0.462 e. The molecule has 1 unspecified atom stereocenters. The first kappa shape index (κ1) is 20.9. The maximum Gasteiger partial charge on any atom is 0.341 e. The van der Waals surface area contributed by atoms with Gasteiger partial charge in [0.1, 0.15) is 5.00 Å². The Morgan fingerprint density at radius 2 is 2.17 bits per heavy atom. The van der Waals surface area contributed by atoms with Crippen LogP contribution in [0, 0.1) is 6.92 Å². The highest BCUT2D eigenvalue weighted by Gasteiger charge is 2.24. The molecule has 1 aliphatic heterocycles. The molecule has 0 saturated carbocycles. The first-order chi connectivity index (χ1) is 11.1. The lowest BCUT2D eigenvalue weighted by atomic mass is 10.1. The van der Waals surface area contributed by atoms with E-state index in [4.69, 9.17) is 9.47 Å². The summed E-state index contributed by atoms with van der Waals surface area (Å²) in [5.41, 5.74) is 1.44. The molecule has 0 aromatic carbocycles. The maximum atomic E-state index is 12.3. The second-order valence-corrected chi connectivity index (χ2v) is 6.59. The van der Waals surface area contributed by atoms with E-state index in [1.54, 1.807) is 6.92 Å². The van der Waals surface area contributed by atoms with Crippen LogP contribution >= 0.6 is 23.7 Å². The zero-order valence-corrected chi connectivity index (χ0v) is 15.9. The summed E-state index contributed by atoms with van der Waals surface area (Å²) in [7, 11) is 0. The van der Waals surface area contributed by atoms with Gasteiger partial charge < -0.3 is 20.1 Å². The normalized spacial score (nSPS) is 17.0. The van der Waals surface area contributed by atoms with E-state index >= 15 is 0 Å². The standard InChI is InChI=1S/C16H24N2O4S.ClH/c1-4-12-10(3)23-15(14(12)16(20)21-5-2)18-13(19)8-11-9-17-6-7-22-11;/h11,17H,4-9H2,1-3H3,(H,18,19);1H. The molecule has 136 valence electrons. The highest BCUT2D eigenvalue weighted by atomic mass is 35.5. The summed E-state index contributed by atoms with van der Waals surface area (Å²) in [5, 5.41) is 6.64. The van der Waals surface area contributed by atoms with Crippen molar-refractivity contribution in [3.63, 3.8) is 0 Å². The minimum Gasteiger partial charge on any atom is -0.462 e. The molecule has 1 saturated heterocycles. The number of morpholine rings is 1. The van der Waals surface area contributed by atoms with Gasteiger partial charge in [-0.15, -0.1) is 23.7 Å². The van der Waals surface area contributed by atoms with Gasteiger partial charge in [0.2, 0.25) is 5.91 Å². The SMILES string of the molecule is CCOC(=O)c1c(NC(=O)CC2CNCCO2)sc(C)c1CC.Cl. The van der Waals surface area contributed by atoms with Crippen LogP contribution in [0.25, 0.3) is 0 Å². The van der Waals surface area contributed by atoms with Crippen LogP contribution in [0.5, 0.6) is 0 Å². The van der Waals surface area contributed by atoms with E-state index in [1.165, 1.54) is 11.3 Å². The van der Waals surface area contributed by atoms with Crippen molar-refractivity contribution >= 4 is 40.6 Å². The van der Waals surface area contributed by atoms with E-state index in [9.17, 15) is 9.59 Å². The molecule has 0 aliphatic carbocycles. The van der Waals surface area contributed by atoms with E-state index in [1.807, 2.05) is 13.8 Å². The fourth-order valence-corrected chi connectivity index (χ4v) is 3.80. The monoisotopic (exact) mass is 376 g/mol. The number of anilines is 1. The zero-order valence-electron chi connectivity index (χ0n) is 14.3. The molecule has 1 aliphatic rings. The van der Waals surface area contributed by atoms with Crippen molar-refractivity contribution in [1.29, 1.82) is 0 Å². The predicted molar refractivity (Wildman–Crippen MR) is 97.5 cm³/mol. The topological polar surface area (TPSA) is 76.7 Å². The lowest BCUT2D eigenvalue weighted by Gasteiger charge is -2.23. The summed E-state index contributed by atoms with van der Waals surface area (Å²) in [6.07, 6.45) is 0.872. The quantitative estimate of drug-likeness (QED) is 0.746. The summed E-state index contributed by atoms with van der Waals surface area (Å²) in [6, 6.07) is 0. The van der Waals surface area contributed by atoms with Crippen LogP contribution in [-0.2, 0) is 20.7 Å². The third kappa shape index (κ3) is 5.17. The van der Waals surface area contributed by atoms with Gasteiger partial charge in [-0.25, -0.2) is 4.79 Å². The Morgan fingerprint density at radius 3 is 2.75 bits per heavy atom. The lowest BCUT2D eigenvalue weighted by molar-refractivity contribution is -0.119. The van der Waals surface area contributed by atoms with Gasteiger partial charge in [0.05, 0.1) is 31.3 Å². The van der Waals surface area contributed by atoms with Crippen LogP contribution in [0.4, 0.5) is 5.00 Å². The molecule has 8 heteroatoms. The number of ether oxygens (including phenoxy) is 2. The van der Waals surface area contributed by atoms with Crippen molar-refractivity contribution in [2.75, 3.05) is 31.6 Å². The summed E-state index contributed by atoms with van der Waals surface area (Å²) >= 11 is 1.42. The van der Waals surface area contributed by atoms with Gasteiger partial charge in [-0.05, 0) is 25.8 Å². The van der Waals surface area contributed by atoms with Crippen molar-refractivity contribution in [3.8, 4) is 0 Å². The highest BCUT2D eigenvalue weighted by molar-refractivity contribution is 7.16. The smallest absolute Gasteiger partial charge is 0.341 e. The Morgan fingerprint density at radius 1 is 1.42 bits per heavy atom. The molecule has 0 spiro atoms. The van der Waals surface area contributed by atoms with E-state index < -0.39 is 0 Å². The molecule has 1 atom stereocenters. The van der Waals surface area contributed by atoms with Gasteiger partial charge in [0.25, 0.3) is 0 Å². The number of amides is 1. The molecular weight excluding hydrogens is 352 g/mol. The van der Waals surface area contributed by atoms with Gasteiger partial charge in [-0.1, -0.05) is 6.92 Å². The van der Waals surface area contributed by atoms with Crippen LogP contribution in [0.2, 0.25) is 0 Å². The molecule has 24 heavy (non-hydrogen) atoms. The first-order valence-electron chi connectivity index (χ1n) is 7.98. The number of thiophene rings is 1. The molecule has 1 amide bonds.